The van der Waals surface area contributed by atoms with Gasteiger partial charge in [0.1, 0.15) is 10.7 Å². The van der Waals surface area contributed by atoms with Crippen molar-refractivity contribution < 1.29 is 31.5 Å². The summed E-state index contributed by atoms with van der Waals surface area (Å²) in [5.74, 6) is -5.84. The quantitative estimate of drug-likeness (QED) is 0.642. The van der Waals surface area contributed by atoms with Crippen molar-refractivity contribution in [1.82, 2.24) is 4.98 Å². The Bertz CT molecular complexity index is 1030. The topological polar surface area (TPSA) is 122 Å². The van der Waals surface area contributed by atoms with Crippen molar-refractivity contribution in [1.29, 1.82) is 0 Å². The number of nitrogen functional groups attached to an aromatic ring is 1. The van der Waals surface area contributed by atoms with Gasteiger partial charge < -0.3 is 16.2 Å². The van der Waals surface area contributed by atoms with Crippen LogP contribution in [0.2, 0.25) is 0 Å². The first-order valence-corrected chi connectivity index (χ1v) is 10.3. The Labute approximate surface area is 164 Å². The molecule has 1 amide bonds. The van der Waals surface area contributed by atoms with Gasteiger partial charge in [0.15, 0.2) is 27.3 Å². The maximum Gasteiger partial charge on any atom is 0.257 e. The van der Waals surface area contributed by atoms with Crippen molar-refractivity contribution in [3.8, 4) is 0 Å². The number of carbonyl (C=O) groups is 1. The number of pyridine rings is 1. The Morgan fingerprint density at radius 1 is 1.10 bits per heavy atom. The van der Waals surface area contributed by atoms with Crippen LogP contribution in [0.25, 0.3) is 0 Å². The third-order valence-electron chi connectivity index (χ3n) is 4.77. The van der Waals surface area contributed by atoms with E-state index in [1.807, 2.05) is 0 Å². The van der Waals surface area contributed by atoms with Gasteiger partial charge in [0, 0.05) is 24.0 Å². The fraction of sp³-hybridized carbons (Fsp3) is 0.333. The molecule has 1 aromatic heterocycles. The number of benzene rings is 1. The maximum atomic E-state index is 13.3. The van der Waals surface area contributed by atoms with E-state index in [1.165, 1.54) is 0 Å². The molecule has 0 unspecified atom stereocenters. The van der Waals surface area contributed by atoms with Gasteiger partial charge in [-0.2, -0.15) is 0 Å². The predicted molar refractivity (Wildman–Crippen MR) is 98.4 cm³/mol. The Balaban J connectivity index is 1.87. The van der Waals surface area contributed by atoms with E-state index >= 15 is 0 Å². The molecule has 1 aromatic carbocycles. The number of sulfone groups is 1. The lowest BCUT2D eigenvalue weighted by molar-refractivity contribution is 0.102. The first-order chi connectivity index (χ1) is 13.6. The number of carbonyl (C=O) groups excluding carboxylic acids is 1. The minimum Gasteiger partial charge on any atom is -0.393 e. The SMILES string of the molecule is Nc1ncc(C(=O)Nc2cc(F)c(F)c(F)c2)cc1S(=O)(=O)[C@H]1CC[C@H](O)CC1. The summed E-state index contributed by atoms with van der Waals surface area (Å²) in [6.45, 7) is 0. The Kier molecular flexibility index (Phi) is 5.80. The number of rotatable bonds is 4. The van der Waals surface area contributed by atoms with Crippen LogP contribution in [-0.2, 0) is 9.84 Å². The standard InChI is InChI=1S/C18H18F3N3O4S/c19-13-6-10(7-14(20)16(13)21)24-18(26)9-5-15(17(22)23-8-9)29(27,28)12-3-1-11(25)2-4-12/h5-8,11-12,25H,1-4H2,(H2,22,23)(H,24,26)/t11-,12-. The Morgan fingerprint density at radius 3 is 2.28 bits per heavy atom. The summed E-state index contributed by atoms with van der Waals surface area (Å²) in [5.41, 5.74) is 5.14. The molecule has 0 bridgehead atoms. The van der Waals surface area contributed by atoms with Gasteiger partial charge >= 0.3 is 0 Å². The maximum absolute atomic E-state index is 13.3. The van der Waals surface area contributed by atoms with Crippen LogP contribution in [0.15, 0.2) is 29.3 Å². The number of aromatic nitrogens is 1. The number of aliphatic hydroxyl groups excluding tert-OH is 1. The zero-order valence-electron chi connectivity index (χ0n) is 15.0. The van der Waals surface area contributed by atoms with Crippen LogP contribution in [0.3, 0.4) is 0 Å². The van der Waals surface area contributed by atoms with Gasteiger partial charge in [-0.1, -0.05) is 0 Å². The molecule has 0 spiro atoms. The van der Waals surface area contributed by atoms with Crippen LogP contribution >= 0.6 is 0 Å². The summed E-state index contributed by atoms with van der Waals surface area (Å²) in [7, 11) is -3.91. The summed E-state index contributed by atoms with van der Waals surface area (Å²) in [4.78, 5) is 15.8. The number of hydrogen-bond donors (Lipinski definition) is 3. The highest BCUT2D eigenvalue weighted by Crippen LogP contribution is 2.31. The summed E-state index contributed by atoms with van der Waals surface area (Å²) in [5, 5.41) is 11.0. The van der Waals surface area contributed by atoms with Crippen molar-refractivity contribution in [3.05, 3.63) is 47.4 Å². The lowest BCUT2D eigenvalue weighted by Crippen LogP contribution is -2.30. The van der Waals surface area contributed by atoms with Crippen LogP contribution in [0.1, 0.15) is 36.0 Å². The number of nitrogens with one attached hydrogen (secondary N) is 1. The Hall–Kier alpha value is -2.66. The highest BCUT2D eigenvalue weighted by Gasteiger charge is 2.33. The van der Waals surface area contributed by atoms with Crippen molar-refractivity contribution >= 4 is 27.2 Å². The number of hydrogen-bond acceptors (Lipinski definition) is 6. The van der Waals surface area contributed by atoms with Gasteiger partial charge in [-0.25, -0.2) is 26.6 Å². The van der Waals surface area contributed by atoms with Crippen molar-refractivity contribution in [2.45, 2.75) is 41.9 Å². The molecule has 0 radical (unpaired) electrons. The van der Waals surface area contributed by atoms with E-state index in [0.717, 1.165) is 12.3 Å². The molecular formula is C18H18F3N3O4S. The van der Waals surface area contributed by atoms with Crippen LogP contribution in [0.5, 0.6) is 0 Å². The summed E-state index contributed by atoms with van der Waals surface area (Å²) < 4.78 is 65.4. The molecule has 2 aromatic rings. The average molecular weight is 429 g/mol. The molecule has 1 heterocycles. The number of aliphatic hydroxyl groups is 1. The van der Waals surface area contributed by atoms with E-state index in [9.17, 15) is 31.5 Å². The van der Waals surface area contributed by atoms with Crippen LogP contribution in [0, 0.1) is 17.5 Å². The highest BCUT2D eigenvalue weighted by molar-refractivity contribution is 7.92. The number of amides is 1. The first-order valence-electron chi connectivity index (χ1n) is 8.73. The second kappa shape index (κ2) is 7.99. The number of halogens is 3. The fourth-order valence-electron chi connectivity index (χ4n) is 3.17. The van der Waals surface area contributed by atoms with Gasteiger partial charge in [-0.3, -0.25) is 4.79 Å². The zero-order chi connectivity index (χ0) is 21.3. The minimum atomic E-state index is -3.91. The minimum absolute atomic E-state index is 0.209. The molecule has 1 aliphatic carbocycles. The van der Waals surface area contributed by atoms with Crippen molar-refractivity contribution in [2.75, 3.05) is 11.1 Å². The lowest BCUT2D eigenvalue weighted by Gasteiger charge is -2.25. The Morgan fingerprint density at radius 2 is 1.69 bits per heavy atom. The van der Waals surface area contributed by atoms with Gasteiger partial charge in [0.05, 0.1) is 16.9 Å². The monoisotopic (exact) mass is 429 g/mol. The lowest BCUT2D eigenvalue weighted by atomic mass is 9.97. The predicted octanol–water partition coefficient (Wildman–Crippen LogP) is 2.41. The smallest absolute Gasteiger partial charge is 0.257 e. The van der Waals surface area contributed by atoms with Gasteiger partial charge in [-0.15, -0.1) is 0 Å². The van der Waals surface area contributed by atoms with E-state index in [0.29, 0.717) is 25.0 Å². The van der Waals surface area contributed by atoms with Crippen LogP contribution in [-0.4, -0.2) is 35.8 Å². The van der Waals surface area contributed by atoms with E-state index in [-0.39, 0.29) is 34.8 Å². The van der Waals surface area contributed by atoms with Crippen molar-refractivity contribution in [3.63, 3.8) is 0 Å². The van der Waals surface area contributed by atoms with Crippen LogP contribution in [0.4, 0.5) is 24.7 Å². The second-order valence-electron chi connectivity index (χ2n) is 6.79. The van der Waals surface area contributed by atoms with Gasteiger partial charge in [0.25, 0.3) is 5.91 Å². The van der Waals surface area contributed by atoms with Gasteiger partial charge in [-0.05, 0) is 31.7 Å². The molecule has 0 saturated heterocycles. The number of nitrogens with zero attached hydrogens (tertiary/aromatic N) is 1. The molecule has 1 aliphatic rings. The molecule has 1 fully saturated rings. The van der Waals surface area contributed by atoms with Crippen molar-refractivity contribution in [2.24, 2.45) is 0 Å². The summed E-state index contributed by atoms with van der Waals surface area (Å²) >= 11 is 0. The van der Waals surface area contributed by atoms with E-state index < -0.39 is 44.5 Å². The normalized spacial score (nSPS) is 19.7. The second-order valence-corrected chi connectivity index (χ2v) is 8.99. The number of nitrogens with two attached hydrogens (primary N) is 1. The highest BCUT2D eigenvalue weighted by atomic mass is 32.2. The molecule has 11 heteroatoms. The third kappa shape index (κ3) is 4.35. The zero-order valence-corrected chi connectivity index (χ0v) is 15.8. The van der Waals surface area contributed by atoms with E-state index in [4.69, 9.17) is 5.73 Å². The molecule has 3 rings (SSSR count). The van der Waals surface area contributed by atoms with E-state index in [2.05, 4.69) is 10.3 Å². The molecule has 0 atom stereocenters. The molecular weight excluding hydrogens is 411 g/mol. The van der Waals surface area contributed by atoms with E-state index in [1.54, 1.807) is 0 Å². The van der Waals surface area contributed by atoms with Gasteiger partial charge in [0.2, 0.25) is 0 Å². The largest absolute Gasteiger partial charge is 0.393 e. The molecule has 156 valence electrons. The summed E-state index contributed by atoms with van der Waals surface area (Å²) in [6.07, 6.45) is 1.62. The molecule has 1 saturated carbocycles. The van der Waals surface area contributed by atoms with Crippen LogP contribution < -0.4 is 11.1 Å². The fourth-order valence-corrected chi connectivity index (χ4v) is 5.06. The summed E-state index contributed by atoms with van der Waals surface area (Å²) in [6, 6.07) is 2.21. The average Bonchev–Trinajstić information content (AvgIpc) is 2.66. The first kappa shape index (κ1) is 21.1. The third-order valence-corrected chi connectivity index (χ3v) is 7.06. The molecule has 7 nitrogen and oxygen atoms in total. The number of anilines is 2. The molecule has 0 aliphatic heterocycles. The molecule has 4 N–H and O–H groups in total. The molecule has 29 heavy (non-hydrogen) atoms.